The first-order chi connectivity index (χ1) is 11.8. The van der Waals surface area contributed by atoms with Crippen LogP contribution in [0.2, 0.25) is 0 Å². The van der Waals surface area contributed by atoms with Crippen molar-refractivity contribution >= 4 is 16.0 Å². The number of benzene rings is 2. The smallest absolute Gasteiger partial charge is 0.307 e. The molecule has 1 unspecified atom stereocenters. The topological polar surface area (TPSA) is 92.7 Å². The van der Waals surface area contributed by atoms with Gasteiger partial charge in [0.25, 0.3) is 0 Å². The fourth-order valence-electron chi connectivity index (χ4n) is 2.73. The van der Waals surface area contributed by atoms with Gasteiger partial charge in [-0.15, -0.1) is 0 Å². The van der Waals surface area contributed by atoms with Crippen LogP contribution < -0.4 is 9.46 Å². The van der Waals surface area contributed by atoms with E-state index in [4.69, 9.17) is 9.84 Å². The maximum absolute atomic E-state index is 13.3. The van der Waals surface area contributed by atoms with Gasteiger partial charge < -0.3 is 9.84 Å². The van der Waals surface area contributed by atoms with E-state index in [2.05, 4.69) is 4.72 Å². The highest BCUT2D eigenvalue weighted by Gasteiger charge is 2.27. The molecule has 2 aromatic carbocycles. The van der Waals surface area contributed by atoms with Crippen LogP contribution in [0.15, 0.2) is 47.4 Å². The lowest BCUT2D eigenvalue weighted by molar-refractivity contribution is -0.136. The van der Waals surface area contributed by atoms with Crippen molar-refractivity contribution in [3.8, 4) is 5.75 Å². The Morgan fingerprint density at radius 1 is 1.28 bits per heavy atom. The van der Waals surface area contributed by atoms with Crippen molar-refractivity contribution in [3.05, 3.63) is 59.4 Å². The zero-order chi connectivity index (χ0) is 18.0. The van der Waals surface area contributed by atoms with Crippen LogP contribution in [0.3, 0.4) is 0 Å². The van der Waals surface area contributed by atoms with E-state index in [1.807, 2.05) is 0 Å². The number of hydrogen-bond acceptors (Lipinski definition) is 4. The standard InChI is InChI=1S/C17H16FNO5S/c18-12-2-1-3-13(10-12)25(22,23)19-15-6-7-24-16-8-11(9-17(20)21)4-5-14(15)16/h1-5,8,10,15,19H,6-7,9H2,(H,20,21). The number of halogens is 1. The number of hydrogen-bond donors (Lipinski definition) is 2. The van der Waals surface area contributed by atoms with Crippen LogP contribution in [-0.2, 0) is 21.2 Å². The van der Waals surface area contributed by atoms with Gasteiger partial charge in [-0.05, 0) is 29.8 Å². The molecule has 3 rings (SSSR count). The molecular weight excluding hydrogens is 349 g/mol. The van der Waals surface area contributed by atoms with Crippen molar-refractivity contribution < 1.29 is 27.4 Å². The maximum Gasteiger partial charge on any atom is 0.307 e. The molecular formula is C17H16FNO5S. The third kappa shape index (κ3) is 3.97. The Balaban J connectivity index is 1.87. The maximum atomic E-state index is 13.3. The average Bonchev–Trinajstić information content (AvgIpc) is 2.54. The first kappa shape index (κ1) is 17.4. The molecule has 1 atom stereocenters. The third-order valence-electron chi connectivity index (χ3n) is 3.88. The van der Waals surface area contributed by atoms with Crippen LogP contribution in [0.4, 0.5) is 4.39 Å². The number of nitrogens with one attached hydrogen (secondary N) is 1. The predicted molar refractivity (Wildman–Crippen MR) is 87.4 cm³/mol. The summed E-state index contributed by atoms with van der Waals surface area (Å²) in [5, 5.41) is 8.86. The quantitative estimate of drug-likeness (QED) is 0.848. The first-order valence-corrected chi connectivity index (χ1v) is 9.09. The Kier molecular flexibility index (Phi) is 4.73. The number of carboxylic acids is 1. The Morgan fingerprint density at radius 2 is 2.08 bits per heavy atom. The molecule has 0 aromatic heterocycles. The Bertz CT molecular complexity index is 913. The molecule has 2 aromatic rings. The van der Waals surface area contributed by atoms with E-state index in [9.17, 15) is 17.6 Å². The van der Waals surface area contributed by atoms with Crippen molar-refractivity contribution in [3.63, 3.8) is 0 Å². The van der Waals surface area contributed by atoms with Gasteiger partial charge in [-0.1, -0.05) is 18.2 Å². The van der Waals surface area contributed by atoms with Crippen LogP contribution in [0.1, 0.15) is 23.6 Å². The lowest BCUT2D eigenvalue weighted by atomic mass is 9.99. The minimum atomic E-state index is -3.89. The summed E-state index contributed by atoms with van der Waals surface area (Å²) in [5.74, 6) is -1.13. The van der Waals surface area contributed by atoms with Gasteiger partial charge >= 0.3 is 5.97 Å². The molecule has 0 amide bonds. The Hall–Kier alpha value is -2.45. The monoisotopic (exact) mass is 365 g/mol. The number of rotatable bonds is 5. The number of fused-ring (bicyclic) bond motifs is 1. The molecule has 6 nitrogen and oxygen atoms in total. The molecule has 0 bridgehead atoms. The van der Waals surface area contributed by atoms with Gasteiger partial charge in [0.05, 0.1) is 24.0 Å². The van der Waals surface area contributed by atoms with E-state index in [-0.39, 0.29) is 11.3 Å². The molecule has 0 aliphatic carbocycles. The summed E-state index contributed by atoms with van der Waals surface area (Å²) in [5.41, 5.74) is 1.19. The molecule has 1 heterocycles. The van der Waals surface area contributed by atoms with Gasteiger partial charge in [0.2, 0.25) is 10.0 Å². The second kappa shape index (κ2) is 6.81. The number of carbonyl (C=O) groups is 1. The van der Waals surface area contributed by atoms with Gasteiger partial charge in [0, 0.05) is 12.0 Å². The molecule has 132 valence electrons. The average molecular weight is 365 g/mol. The minimum absolute atomic E-state index is 0.143. The SMILES string of the molecule is O=C(O)Cc1ccc2c(c1)OCCC2NS(=O)(=O)c1cccc(F)c1. The summed E-state index contributed by atoms with van der Waals surface area (Å²) in [6, 6.07) is 9.14. The van der Waals surface area contributed by atoms with Crippen molar-refractivity contribution in [1.82, 2.24) is 4.72 Å². The molecule has 0 fully saturated rings. The molecule has 0 radical (unpaired) electrons. The number of carboxylic acid groups (broad SMARTS) is 1. The highest BCUT2D eigenvalue weighted by atomic mass is 32.2. The summed E-state index contributed by atoms with van der Waals surface area (Å²) in [6.07, 6.45) is 0.274. The highest BCUT2D eigenvalue weighted by molar-refractivity contribution is 7.89. The molecule has 25 heavy (non-hydrogen) atoms. The van der Waals surface area contributed by atoms with Gasteiger partial charge in [-0.25, -0.2) is 17.5 Å². The molecule has 1 aliphatic heterocycles. The lowest BCUT2D eigenvalue weighted by Gasteiger charge is -2.27. The van der Waals surface area contributed by atoms with Gasteiger partial charge in [0.15, 0.2) is 0 Å². The molecule has 1 aliphatic rings. The number of ether oxygens (including phenoxy) is 1. The van der Waals surface area contributed by atoms with E-state index in [0.29, 0.717) is 29.9 Å². The fraction of sp³-hybridized carbons (Fsp3) is 0.235. The largest absolute Gasteiger partial charge is 0.493 e. The normalized spacial score (nSPS) is 16.8. The lowest BCUT2D eigenvalue weighted by Crippen LogP contribution is -2.32. The van der Waals surface area contributed by atoms with Crippen LogP contribution in [0, 0.1) is 5.82 Å². The van der Waals surface area contributed by atoms with Gasteiger partial charge in [-0.2, -0.15) is 0 Å². The fourth-order valence-corrected chi connectivity index (χ4v) is 4.01. The summed E-state index contributed by atoms with van der Waals surface area (Å²) in [6.45, 7) is 0.292. The first-order valence-electron chi connectivity index (χ1n) is 7.60. The van der Waals surface area contributed by atoms with E-state index in [0.717, 1.165) is 6.07 Å². The minimum Gasteiger partial charge on any atom is -0.493 e. The second-order valence-electron chi connectivity index (χ2n) is 5.71. The molecule has 2 N–H and O–H groups in total. The second-order valence-corrected chi connectivity index (χ2v) is 7.43. The van der Waals surface area contributed by atoms with Crippen molar-refractivity contribution in [2.75, 3.05) is 6.61 Å². The molecule has 0 spiro atoms. The molecule has 0 saturated heterocycles. The Labute approximate surface area is 144 Å². The van der Waals surface area contributed by atoms with Crippen molar-refractivity contribution in [2.45, 2.75) is 23.8 Å². The summed E-state index contributed by atoms with van der Waals surface area (Å²) < 4.78 is 46.4. The van der Waals surface area contributed by atoms with Gasteiger partial charge in [-0.3, -0.25) is 4.79 Å². The summed E-state index contributed by atoms with van der Waals surface area (Å²) in [4.78, 5) is 10.7. The third-order valence-corrected chi connectivity index (χ3v) is 5.35. The van der Waals surface area contributed by atoms with Crippen LogP contribution in [0.5, 0.6) is 5.75 Å². The highest BCUT2D eigenvalue weighted by Crippen LogP contribution is 2.34. The number of aliphatic carboxylic acids is 1. The zero-order valence-electron chi connectivity index (χ0n) is 13.1. The summed E-state index contributed by atoms with van der Waals surface area (Å²) in [7, 11) is -3.89. The van der Waals surface area contributed by atoms with Crippen LogP contribution in [0.25, 0.3) is 0 Å². The molecule has 8 heteroatoms. The van der Waals surface area contributed by atoms with Crippen LogP contribution in [-0.4, -0.2) is 26.1 Å². The van der Waals surface area contributed by atoms with E-state index in [1.165, 1.54) is 18.2 Å². The van der Waals surface area contributed by atoms with Crippen LogP contribution >= 0.6 is 0 Å². The molecule has 0 saturated carbocycles. The predicted octanol–water partition coefficient (Wildman–Crippen LogP) is 2.25. The van der Waals surface area contributed by atoms with Crippen molar-refractivity contribution in [1.29, 1.82) is 0 Å². The van der Waals surface area contributed by atoms with Gasteiger partial charge in [0.1, 0.15) is 11.6 Å². The van der Waals surface area contributed by atoms with Crippen molar-refractivity contribution in [2.24, 2.45) is 0 Å². The van der Waals surface area contributed by atoms with E-state index < -0.39 is 27.9 Å². The van der Waals surface area contributed by atoms with E-state index >= 15 is 0 Å². The van der Waals surface area contributed by atoms with E-state index in [1.54, 1.807) is 18.2 Å². The summed E-state index contributed by atoms with van der Waals surface area (Å²) >= 11 is 0. The zero-order valence-corrected chi connectivity index (χ0v) is 13.9. The Morgan fingerprint density at radius 3 is 2.80 bits per heavy atom. The number of sulfonamides is 1.